The average molecular weight is 410 g/mol. The fraction of sp³-hybridized carbons (Fsp3) is 0.0952. The fourth-order valence-electron chi connectivity index (χ4n) is 3.17. The normalized spacial score (nSPS) is 15.2. The Morgan fingerprint density at radius 2 is 1.73 bits per heavy atom. The van der Waals surface area contributed by atoms with Crippen LogP contribution >= 0.6 is 0 Å². The van der Waals surface area contributed by atoms with E-state index in [0.29, 0.717) is 11.4 Å². The lowest BCUT2D eigenvalue weighted by molar-refractivity contribution is -0.123. The summed E-state index contributed by atoms with van der Waals surface area (Å²) in [6.45, 7) is 1.44. The van der Waals surface area contributed by atoms with E-state index in [1.807, 2.05) is 6.07 Å². The lowest BCUT2D eigenvalue weighted by Gasteiger charge is -2.11. The van der Waals surface area contributed by atoms with Crippen LogP contribution in [0.2, 0.25) is 0 Å². The van der Waals surface area contributed by atoms with Crippen molar-refractivity contribution in [3.8, 4) is 5.69 Å². The Morgan fingerprint density at radius 1 is 1.00 bits per heavy atom. The number of rotatable bonds is 4. The van der Waals surface area contributed by atoms with E-state index in [0.717, 1.165) is 17.0 Å². The van der Waals surface area contributed by atoms with Gasteiger partial charge in [0.2, 0.25) is 0 Å². The van der Waals surface area contributed by atoms with Crippen molar-refractivity contribution < 1.29 is 18.4 Å². The topological polar surface area (TPSA) is 87.2 Å². The van der Waals surface area contributed by atoms with Gasteiger partial charge in [-0.3, -0.25) is 19.6 Å². The number of carbonyl (C=O) groups excluding carboxylic acids is 2. The molecule has 0 saturated carbocycles. The van der Waals surface area contributed by atoms with Crippen LogP contribution in [0.5, 0.6) is 0 Å². The molecule has 30 heavy (non-hydrogen) atoms. The largest absolute Gasteiger partial charge is 0.329 e. The molecule has 0 spiro atoms. The van der Waals surface area contributed by atoms with Crippen LogP contribution in [-0.2, 0) is 11.3 Å². The highest BCUT2D eigenvalue weighted by molar-refractivity contribution is 6.13. The molecule has 2 heterocycles. The number of hydrogen-bond acceptors (Lipinski definition) is 3. The molecule has 0 atom stereocenters. The number of carbonyl (C=O) groups is 2. The highest BCUT2D eigenvalue weighted by atomic mass is 19.2. The summed E-state index contributed by atoms with van der Waals surface area (Å²) in [4.78, 5) is 38.5. The van der Waals surface area contributed by atoms with Gasteiger partial charge in [-0.15, -0.1) is 0 Å². The maximum Gasteiger partial charge on any atom is 0.329 e. The number of nitrogens with one attached hydrogen (secondary N) is 2. The van der Waals surface area contributed by atoms with Crippen LogP contribution in [0.4, 0.5) is 13.6 Å². The number of urea groups is 1. The smallest absolute Gasteiger partial charge is 0.303 e. The summed E-state index contributed by atoms with van der Waals surface area (Å²) in [6, 6.07) is 11.3. The zero-order valence-electron chi connectivity index (χ0n) is 15.8. The number of aryl methyl sites for hydroxylation is 1. The molecule has 1 fully saturated rings. The van der Waals surface area contributed by atoms with Crippen LogP contribution in [0.15, 0.2) is 59.0 Å². The van der Waals surface area contributed by atoms with E-state index < -0.39 is 23.6 Å². The number of H-pyrrole nitrogens is 1. The van der Waals surface area contributed by atoms with Gasteiger partial charge in [-0.25, -0.2) is 18.3 Å². The second kappa shape index (κ2) is 7.43. The molecule has 2 aromatic carbocycles. The first-order chi connectivity index (χ1) is 14.3. The Balaban J connectivity index is 1.63. The molecule has 0 radical (unpaired) electrons. The zero-order valence-corrected chi connectivity index (χ0v) is 15.8. The lowest BCUT2D eigenvalue weighted by atomic mass is 10.2. The van der Waals surface area contributed by atoms with Crippen molar-refractivity contribution in [3.05, 3.63) is 93.0 Å². The highest BCUT2D eigenvalue weighted by Crippen LogP contribution is 2.18. The molecule has 3 aromatic rings. The summed E-state index contributed by atoms with van der Waals surface area (Å²) >= 11 is 0. The number of para-hydroxylation sites is 1. The van der Waals surface area contributed by atoms with Gasteiger partial charge >= 0.3 is 6.03 Å². The van der Waals surface area contributed by atoms with Crippen LogP contribution in [0, 0.1) is 18.6 Å². The van der Waals surface area contributed by atoms with Crippen molar-refractivity contribution in [2.75, 3.05) is 0 Å². The van der Waals surface area contributed by atoms with E-state index in [1.54, 1.807) is 31.2 Å². The van der Waals surface area contributed by atoms with Crippen molar-refractivity contribution in [2.24, 2.45) is 0 Å². The lowest BCUT2D eigenvalue weighted by Crippen LogP contribution is -2.30. The van der Waals surface area contributed by atoms with Crippen molar-refractivity contribution >= 4 is 18.0 Å². The minimum atomic E-state index is -1.07. The molecule has 2 N–H and O–H groups in total. The van der Waals surface area contributed by atoms with Crippen molar-refractivity contribution in [3.63, 3.8) is 0 Å². The van der Waals surface area contributed by atoms with E-state index >= 15 is 0 Å². The van der Waals surface area contributed by atoms with Gasteiger partial charge in [0.1, 0.15) is 5.70 Å². The predicted octanol–water partition coefficient (Wildman–Crippen LogP) is 2.85. The van der Waals surface area contributed by atoms with E-state index in [4.69, 9.17) is 0 Å². The molecule has 0 aliphatic carbocycles. The molecule has 1 saturated heterocycles. The summed E-state index contributed by atoms with van der Waals surface area (Å²) in [5.74, 6) is -2.76. The van der Waals surface area contributed by atoms with Crippen LogP contribution < -0.4 is 10.9 Å². The first-order valence-electron chi connectivity index (χ1n) is 9.00. The summed E-state index contributed by atoms with van der Waals surface area (Å²) in [7, 11) is 0. The first-order valence-corrected chi connectivity index (χ1v) is 9.00. The van der Waals surface area contributed by atoms with Gasteiger partial charge in [0.25, 0.3) is 11.5 Å². The van der Waals surface area contributed by atoms with Crippen molar-refractivity contribution in [2.45, 2.75) is 13.5 Å². The number of benzene rings is 2. The summed E-state index contributed by atoms with van der Waals surface area (Å²) in [6.07, 6.45) is 1.30. The number of imide groups is 1. The molecule has 0 bridgehead atoms. The highest BCUT2D eigenvalue weighted by Gasteiger charge is 2.34. The van der Waals surface area contributed by atoms with Crippen LogP contribution in [0.3, 0.4) is 0 Å². The quantitative estimate of drug-likeness (QED) is 0.512. The van der Waals surface area contributed by atoms with Gasteiger partial charge < -0.3 is 5.32 Å². The molecule has 4 rings (SSSR count). The maximum atomic E-state index is 13.4. The third-order valence-corrected chi connectivity index (χ3v) is 4.71. The summed E-state index contributed by atoms with van der Waals surface area (Å²) in [5, 5.41) is 5.36. The average Bonchev–Trinajstić information content (AvgIpc) is 3.16. The standard InChI is InChI=1S/C21H16F2N4O3/c1-12-15(19(28)27(25-12)14-5-3-2-4-6-14)10-18-20(29)26(21(30)24-18)11-13-7-8-16(22)17(23)9-13/h2-10,25H,11H2,1H3,(H,24,30)/b18-10-. The maximum absolute atomic E-state index is 13.4. The van der Waals surface area contributed by atoms with Crippen molar-refractivity contribution in [1.29, 1.82) is 0 Å². The molecule has 0 unspecified atom stereocenters. The van der Waals surface area contributed by atoms with E-state index in [2.05, 4.69) is 10.4 Å². The van der Waals surface area contributed by atoms with Gasteiger partial charge in [0.05, 0.1) is 17.8 Å². The minimum Gasteiger partial charge on any atom is -0.303 e. The van der Waals surface area contributed by atoms with Gasteiger partial charge in [-0.2, -0.15) is 0 Å². The monoisotopic (exact) mass is 410 g/mol. The van der Waals surface area contributed by atoms with E-state index in [1.165, 1.54) is 16.8 Å². The molecule has 9 heteroatoms. The third kappa shape index (κ3) is 3.41. The first kappa shape index (κ1) is 19.3. The number of aromatic amines is 1. The molecule has 1 aliphatic heterocycles. The van der Waals surface area contributed by atoms with E-state index in [9.17, 15) is 23.2 Å². The fourth-order valence-corrected chi connectivity index (χ4v) is 3.17. The van der Waals surface area contributed by atoms with Crippen molar-refractivity contribution in [1.82, 2.24) is 20.0 Å². The van der Waals surface area contributed by atoms with Crippen LogP contribution in [0.1, 0.15) is 16.8 Å². The zero-order chi connectivity index (χ0) is 21.4. The molecule has 152 valence electrons. The molecule has 1 aliphatic rings. The Bertz CT molecular complexity index is 1240. The molecular formula is C21H16F2N4O3. The molecular weight excluding hydrogens is 394 g/mol. The van der Waals surface area contributed by atoms with Gasteiger partial charge in [0.15, 0.2) is 11.6 Å². The number of aromatic nitrogens is 2. The number of hydrogen-bond donors (Lipinski definition) is 2. The summed E-state index contributed by atoms with van der Waals surface area (Å²) < 4.78 is 27.8. The molecule has 7 nitrogen and oxygen atoms in total. The van der Waals surface area contributed by atoms with Crippen LogP contribution in [0.25, 0.3) is 11.8 Å². The van der Waals surface area contributed by atoms with E-state index in [-0.39, 0.29) is 28.9 Å². The number of amides is 3. The Kier molecular flexibility index (Phi) is 4.78. The minimum absolute atomic E-state index is 0.0815. The van der Waals surface area contributed by atoms with Gasteiger partial charge in [-0.1, -0.05) is 24.3 Å². The second-order valence-corrected chi connectivity index (χ2v) is 6.75. The molecule has 3 amide bonds. The number of nitrogens with zero attached hydrogens (tertiary/aromatic N) is 2. The summed E-state index contributed by atoms with van der Waals surface area (Å²) in [5.41, 5.74) is 1.14. The molecule has 1 aromatic heterocycles. The predicted molar refractivity (Wildman–Crippen MR) is 105 cm³/mol. The van der Waals surface area contributed by atoms with Gasteiger partial charge in [-0.05, 0) is 42.8 Å². The van der Waals surface area contributed by atoms with Gasteiger partial charge in [0, 0.05) is 5.69 Å². The Morgan fingerprint density at radius 3 is 2.43 bits per heavy atom. The second-order valence-electron chi connectivity index (χ2n) is 6.75. The number of halogens is 2. The Hall–Kier alpha value is -4.01. The third-order valence-electron chi connectivity index (χ3n) is 4.71. The SMILES string of the molecule is Cc1[nH]n(-c2ccccc2)c(=O)c1/C=C1\NC(=O)N(Cc2ccc(F)c(F)c2)C1=O. The van der Waals surface area contributed by atoms with Crippen LogP contribution in [-0.4, -0.2) is 26.6 Å². The Labute approximate surface area is 169 Å².